The van der Waals surface area contributed by atoms with Gasteiger partial charge in [0.15, 0.2) is 17.7 Å². The van der Waals surface area contributed by atoms with Gasteiger partial charge in [-0.05, 0) is 23.3 Å². The molecule has 3 aliphatic rings. The fourth-order valence-corrected chi connectivity index (χ4v) is 4.29. The van der Waals surface area contributed by atoms with Crippen molar-refractivity contribution in [2.24, 2.45) is 11.7 Å². The van der Waals surface area contributed by atoms with Crippen molar-refractivity contribution in [2.75, 3.05) is 6.79 Å². The van der Waals surface area contributed by atoms with Gasteiger partial charge in [-0.3, -0.25) is 10.1 Å². The van der Waals surface area contributed by atoms with Crippen LogP contribution in [0, 0.1) is 27.4 Å². The van der Waals surface area contributed by atoms with E-state index in [9.17, 15) is 15.4 Å². The molecule has 5 rings (SSSR count). The number of benzene rings is 2. The van der Waals surface area contributed by atoms with Crippen molar-refractivity contribution >= 4 is 5.69 Å². The monoisotopic (exact) mass is 407 g/mol. The Morgan fingerprint density at radius 2 is 1.83 bits per heavy atom. The van der Waals surface area contributed by atoms with Crippen LogP contribution >= 0.6 is 0 Å². The van der Waals surface area contributed by atoms with E-state index < -0.39 is 11.2 Å². The Hall–Kier alpha value is -3.81. The summed E-state index contributed by atoms with van der Waals surface area (Å²) in [4.78, 5) is 10.5. The number of hydrogen-bond acceptors (Lipinski definition) is 9. The molecular formula is C20H17N5O5. The fraction of sp³-hybridized carbons (Fsp3) is 0.250. The second kappa shape index (κ2) is 6.91. The van der Waals surface area contributed by atoms with E-state index in [1.807, 2.05) is 18.2 Å². The molecule has 4 atom stereocenters. The van der Waals surface area contributed by atoms with Gasteiger partial charge < -0.3 is 19.9 Å². The second-order valence-corrected chi connectivity index (χ2v) is 7.21. The minimum Gasteiger partial charge on any atom is -0.458 e. The molecule has 152 valence electrons. The number of nitro groups is 1. The van der Waals surface area contributed by atoms with Gasteiger partial charge in [0, 0.05) is 24.0 Å². The van der Waals surface area contributed by atoms with E-state index in [-0.39, 0.29) is 36.2 Å². The van der Waals surface area contributed by atoms with Gasteiger partial charge in [0.25, 0.3) is 5.69 Å². The molecule has 4 N–H and O–H groups in total. The quantitative estimate of drug-likeness (QED) is 0.513. The minimum absolute atomic E-state index is 0.00956. The van der Waals surface area contributed by atoms with Crippen molar-refractivity contribution in [1.82, 2.24) is 10.9 Å². The summed E-state index contributed by atoms with van der Waals surface area (Å²) in [5, 5.41) is 20.8. The summed E-state index contributed by atoms with van der Waals surface area (Å²) in [6.07, 6.45) is -0.488. The average molecular weight is 407 g/mol. The summed E-state index contributed by atoms with van der Waals surface area (Å²) >= 11 is 0. The fourth-order valence-electron chi connectivity index (χ4n) is 4.29. The number of nitrogens with two attached hydrogens (primary N) is 1. The van der Waals surface area contributed by atoms with E-state index in [0.29, 0.717) is 17.1 Å². The Morgan fingerprint density at radius 1 is 1.10 bits per heavy atom. The molecule has 0 radical (unpaired) electrons. The smallest absolute Gasteiger partial charge is 0.269 e. The van der Waals surface area contributed by atoms with Crippen LogP contribution in [0.3, 0.4) is 0 Å². The lowest BCUT2D eigenvalue weighted by atomic mass is 9.74. The van der Waals surface area contributed by atoms with Crippen molar-refractivity contribution in [1.29, 1.82) is 5.26 Å². The van der Waals surface area contributed by atoms with Crippen LogP contribution in [0.25, 0.3) is 0 Å². The van der Waals surface area contributed by atoms with Gasteiger partial charge in [-0.2, -0.15) is 5.26 Å². The Kier molecular flexibility index (Phi) is 4.20. The van der Waals surface area contributed by atoms with E-state index in [2.05, 4.69) is 16.9 Å². The molecule has 10 nitrogen and oxygen atoms in total. The number of allylic oxidation sites excluding steroid dienone is 1. The predicted molar refractivity (Wildman–Crippen MR) is 103 cm³/mol. The van der Waals surface area contributed by atoms with Gasteiger partial charge in [0.2, 0.25) is 12.7 Å². The first-order valence-electron chi connectivity index (χ1n) is 9.28. The largest absolute Gasteiger partial charge is 0.458 e. The molecule has 2 aromatic carbocycles. The third-order valence-corrected chi connectivity index (χ3v) is 5.67. The first-order chi connectivity index (χ1) is 14.6. The van der Waals surface area contributed by atoms with Crippen LogP contribution in [0.2, 0.25) is 0 Å². The molecule has 3 aliphatic heterocycles. The molecule has 4 unspecified atom stereocenters. The van der Waals surface area contributed by atoms with Crippen molar-refractivity contribution in [2.45, 2.75) is 18.2 Å². The Balaban J connectivity index is 1.58. The van der Waals surface area contributed by atoms with Gasteiger partial charge in [-0.1, -0.05) is 18.2 Å². The first-order valence-corrected chi connectivity index (χ1v) is 9.28. The van der Waals surface area contributed by atoms with Crippen LogP contribution in [0.15, 0.2) is 53.9 Å². The number of nitro benzene ring substituents is 1. The third kappa shape index (κ3) is 2.80. The summed E-state index contributed by atoms with van der Waals surface area (Å²) in [6, 6.07) is 13.8. The third-order valence-electron chi connectivity index (χ3n) is 5.67. The van der Waals surface area contributed by atoms with Crippen molar-refractivity contribution in [3.05, 3.63) is 75.2 Å². The van der Waals surface area contributed by atoms with E-state index in [4.69, 9.17) is 19.9 Å². The van der Waals surface area contributed by atoms with E-state index in [1.54, 1.807) is 12.1 Å². The van der Waals surface area contributed by atoms with Crippen LogP contribution in [0.5, 0.6) is 11.5 Å². The molecule has 0 aliphatic carbocycles. The number of hydrazine groups is 1. The molecule has 2 aromatic rings. The summed E-state index contributed by atoms with van der Waals surface area (Å²) in [7, 11) is 0. The maximum Gasteiger partial charge on any atom is 0.269 e. The Bertz CT molecular complexity index is 1090. The summed E-state index contributed by atoms with van der Waals surface area (Å²) in [5.41, 5.74) is 14.3. The second-order valence-electron chi connectivity index (χ2n) is 7.21. The van der Waals surface area contributed by atoms with Gasteiger partial charge >= 0.3 is 0 Å². The first kappa shape index (κ1) is 18.2. The van der Waals surface area contributed by atoms with Crippen LogP contribution in [0.1, 0.15) is 23.1 Å². The van der Waals surface area contributed by atoms with Crippen LogP contribution < -0.4 is 26.1 Å². The topological polar surface area (TPSA) is 145 Å². The summed E-state index contributed by atoms with van der Waals surface area (Å²) in [5.74, 6) is 0.699. The number of hydrogen-bond donors (Lipinski definition) is 3. The van der Waals surface area contributed by atoms with Gasteiger partial charge in [0.1, 0.15) is 6.07 Å². The highest BCUT2D eigenvalue weighted by Gasteiger charge is 2.49. The summed E-state index contributed by atoms with van der Waals surface area (Å²) in [6.45, 7) is 0.149. The molecule has 0 spiro atoms. The average Bonchev–Trinajstić information content (AvgIpc) is 3.39. The lowest BCUT2D eigenvalue weighted by Crippen LogP contribution is -2.40. The number of ether oxygens (including phenoxy) is 3. The van der Waals surface area contributed by atoms with Crippen LogP contribution in [0.4, 0.5) is 5.69 Å². The molecule has 1 saturated heterocycles. The zero-order chi connectivity index (χ0) is 20.8. The standard InChI is InChI=1S/C20H17N5O5/c21-8-13-16(11-3-6-14-15(7-11)29-9-28-14)17-18(23-24-20(17)30-19(13)22)10-1-4-12(5-2-10)25(26)27/h1-7,16-18,20,23-24H,9,22H2. The van der Waals surface area contributed by atoms with Crippen molar-refractivity contribution in [3.63, 3.8) is 0 Å². The molecule has 10 heteroatoms. The normalized spacial score (nSPS) is 26.6. The molecule has 1 fully saturated rings. The zero-order valence-corrected chi connectivity index (χ0v) is 15.6. The maximum atomic E-state index is 11.0. The lowest BCUT2D eigenvalue weighted by molar-refractivity contribution is -0.384. The van der Waals surface area contributed by atoms with Crippen molar-refractivity contribution in [3.8, 4) is 17.6 Å². The molecular weight excluding hydrogens is 390 g/mol. The molecule has 3 heterocycles. The van der Waals surface area contributed by atoms with Gasteiger partial charge in [-0.15, -0.1) is 0 Å². The van der Waals surface area contributed by atoms with Crippen LogP contribution in [-0.2, 0) is 4.74 Å². The van der Waals surface area contributed by atoms with Crippen LogP contribution in [-0.4, -0.2) is 17.9 Å². The Labute approximate surface area is 170 Å². The Morgan fingerprint density at radius 3 is 2.57 bits per heavy atom. The van der Waals surface area contributed by atoms with Gasteiger partial charge in [0.05, 0.1) is 16.5 Å². The van der Waals surface area contributed by atoms with E-state index in [1.165, 1.54) is 12.1 Å². The number of non-ortho nitro benzene ring substituents is 1. The molecule has 0 saturated carbocycles. The highest BCUT2D eigenvalue weighted by molar-refractivity contribution is 5.50. The lowest BCUT2D eigenvalue weighted by Gasteiger charge is -2.36. The molecule has 0 amide bonds. The number of rotatable bonds is 3. The van der Waals surface area contributed by atoms with Gasteiger partial charge in [-0.25, -0.2) is 10.9 Å². The highest BCUT2D eigenvalue weighted by Crippen LogP contribution is 2.49. The minimum atomic E-state index is -0.488. The number of nitrogens with zero attached hydrogens (tertiary/aromatic N) is 2. The number of nitrogens with one attached hydrogen (secondary N) is 2. The predicted octanol–water partition coefficient (Wildman–Crippen LogP) is 1.92. The SMILES string of the molecule is N#CC1=C(N)OC2NNC(c3ccc([N+](=O)[O-])cc3)C2C1c1ccc2c(c1)OCO2. The van der Waals surface area contributed by atoms with E-state index in [0.717, 1.165) is 11.1 Å². The molecule has 0 bridgehead atoms. The van der Waals surface area contributed by atoms with Crippen molar-refractivity contribution < 1.29 is 19.1 Å². The van der Waals surface area contributed by atoms with E-state index >= 15 is 0 Å². The summed E-state index contributed by atoms with van der Waals surface area (Å²) < 4.78 is 16.7. The zero-order valence-electron chi connectivity index (χ0n) is 15.6. The molecule has 0 aromatic heterocycles. The number of fused-ring (bicyclic) bond motifs is 2. The maximum absolute atomic E-state index is 11.0. The highest BCUT2D eigenvalue weighted by atomic mass is 16.7. The molecule has 30 heavy (non-hydrogen) atoms. The number of nitriles is 1.